The maximum Gasteiger partial charge on any atom is 0.416 e. The van der Waals surface area contributed by atoms with Crippen molar-refractivity contribution >= 4 is 23.2 Å². The van der Waals surface area contributed by atoms with Gasteiger partial charge in [0.1, 0.15) is 0 Å². The highest BCUT2D eigenvalue weighted by atomic mass is 19.4. The summed E-state index contributed by atoms with van der Waals surface area (Å²) in [5.74, 6) is -1.18. The van der Waals surface area contributed by atoms with E-state index in [-0.39, 0.29) is 24.9 Å². The van der Waals surface area contributed by atoms with Gasteiger partial charge in [0.2, 0.25) is 11.8 Å². The molecule has 1 unspecified atom stereocenters. The Bertz CT molecular complexity index is 1220. The average Bonchev–Trinajstić information content (AvgIpc) is 3.16. The third-order valence-electron chi connectivity index (χ3n) is 6.85. The number of nitrogens with one attached hydrogen (secondary N) is 2. The Kier molecular flexibility index (Phi) is 6.87. The molecular formula is C26H25F6N3O2. The third kappa shape index (κ3) is 5.22. The number of hydrogen-bond donors (Lipinski definition) is 2. The molecule has 2 aliphatic heterocycles. The fourth-order valence-electron chi connectivity index (χ4n) is 5.05. The van der Waals surface area contributed by atoms with Gasteiger partial charge in [-0.25, -0.2) is 0 Å². The fourth-order valence-corrected chi connectivity index (χ4v) is 5.05. The number of anilines is 2. The van der Waals surface area contributed by atoms with Crippen molar-refractivity contribution in [3.8, 4) is 0 Å². The minimum Gasteiger partial charge on any atom is -0.325 e. The standard InChI is InChI=1S/C26H25F6N3O2/c1-15-4-3-5-16(2)22(15)35-14-24(13-21(35)36,17-6-8-33-9-7-17)23(37)34-20-11-18(25(27,28)29)10-19(12-20)26(30,31)32/h3-6,10-12,33H,7-9,13-14H2,1-2H3,(H,34,37). The number of hydrogen-bond acceptors (Lipinski definition) is 3. The van der Waals surface area contributed by atoms with Gasteiger partial charge in [0, 0.05) is 30.9 Å². The zero-order valence-corrected chi connectivity index (χ0v) is 20.1. The van der Waals surface area contributed by atoms with E-state index in [1.807, 2.05) is 32.0 Å². The van der Waals surface area contributed by atoms with Gasteiger partial charge in [-0.1, -0.05) is 29.8 Å². The predicted octanol–water partition coefficient (Wildman–Crippen LogP) is 5.62. The van der Waals surface area contributed by atoms with Gasteiger partial charge in [-0.05, 0) is 56.1 Å². The van der Waals surface area contributed by atoms with Crippen LogP contribution in [0.5, 0.6) is 0 Å². The number of aryl methyl sites for hydroxylation is 2. The molecule has 0 aliphatic carbocycles. The van der Waals surface area contributed by atoms with Gasteiger partial charge < -0.3 is 15.5 Å². The maximum atomic E-state index is 13.7. The summed E-state index contributed by atoms with van der Waals surface area (Å²) in [6.45, 7) is 4.49. The van der Waals surface area contributed by atoms with Crippen LogP contribution < -0.4 is 15.5 Å². The molecule has 4 rings (SSSR count). The van der Waals surface area contributed by atoms with E-state index in [9.17, 15) is 35.9 Å². The summed E-state index contributed by atoms with van der Waals surface area (Å²) in [5, 5.41) is 5.40. The van der Waals surface area contributed by atoms with Crippen LogP contribution in [-0.2, 0) is 21.9 Å². The summed E-state index contributed by atoms with van der Waals surface area (Å²) in [6.07, 6.45) is -8.21. The first kappa shape index (κ1) is 26.7. The number of para-hydroxylation sites is 1. The van der Waals surface area contributed by atoms with E-state index in [2.05, 4.69) is 10.6 Å². The summed E-state index contributed by atoms with van der Waals surface area (Å²) in [5.41, 5.74) is -2.31. The highest BCUT2D eigenvalue weighted by Gasteiger charge is 2.52. The summed E-state index contributed by atoms with van der Waals surface area (Å²) in [4.78, 5) is 28.5. The van der Waals surface area contributed by atoms with Crippen molar-refractivity contribution in [3.05, 3.63) is 70.3 Å². The van der Waals surface area contributed by atoms with Crippen molar-refractivity contribution in [1.82, 2.24) is 5.32 Å². The van der Waals surface area contributed by atoms with E-state index in [0.717, 1.165) is 11.1 Å². The van der Waals surface area contributed by atoms with Gasteiger partial charge in [0.25, 0.3) is 0 Å². The molecule has 2 aliphatic rings. The van der Waals surface area contributed by atoms with E-state index >= 15 is 0 Å². The normalized spacial score (nSPS) is 20.7. The molecule has 5 nitrogen and oxygen atoms in total. The lowest BCUT2D eigenvalue weighted by Crippen LogP contribution is -2.43. The molecule has 1 atom stereocenters. The van der Waals surface area contributed by atoms with Gasteiger partial charge in [-0.3, -0.25) is 9.59 Å². The summed E-state index contributed by atoms with van der Waals surface area (Å²) >= 11 is 0. The second-order valence-corrected chi connectivity index (χ2v) is 9.41. The van der Waals surface area contributed by atoms with E-state index in [4.69, 9.17) is 0 Å². The lowest BCUT2D eigenvalue weighted by molar-refractivity contribution is -0.143. The molecule has 0 spiro atoms. The van der Waals surface area contributed by atoms with Crippen molar-refractivity contribution in [2.24, 2.45) is 5.41 Å². The first-order valence-electron chi connectivity index (χ1n) is 11.6. The monoisotopic (exact) mass is 525 g/mol. The largest absolute Gasteiger partial charge is 0.416 e. The molecule has 2 N–H and O–H groups in total. The molecule has 11 heteroatoms. The second kappa shape index (κ2) is 9.51. The molecule has 0 radical (unpaired) electrons. The lowest BCUT2D eigenvalue weighted by Gasteiger charge is -2.33. The van der Waals surface area contributed by atoms with Crippen molar-refractivity contribution in [1.29, 1.82) is 0 Å². The van der Waals surface area contributed by atoms with Crippen LogP contribution in [0.15, 0.2) is 48.0 Å². The van der Waals surface area contributed by atoms with Crippen molar-refractivity contribution < 1.29 is 35.9 Å². The Morgan fingerprint density at radius 3 is 2.11 bits per heavy atom. The van der Waals surface area contributed by atoms with Crippen LogP contribution in [0.4, 0.5) is 37.7 Å². The van der Waals surface area contributed by atoms with Gasteiger partial charge in [-0.2, -0.15) is 26.3 Å². The second-order valence-electron chi connectivity index (χ2n) is 9.41. The van der Waals surface area contributed by atoms with E-state index in [1.54, 1.807) is 6.08 Å². The number of rotatable bonds is 4. The number of nitrogens with zero attached hydrogens (tertiary/aromatic N) is 1. The lowest BCUT2D eigenvalue weighted by atomic mass is 9.75. The summed E-state index contributed by atoms with van der Waals surface area (Å²) < 4.78 is 80.2. The van der Waals surface area contributed by atoms with Gasteiger partial charge >= 0.3 is 12.4 Å². The van der Waals surface area contributed by atoms with Crippen LogP contribution in [-0.4, -0.2) is 31.4 Å². The van der Waals surface area contributed by atoms with E-state index in [0.29, 0.717) is 42.9 Å². The van der Waals surface area contributed by atoms with Gasteiger partial charge in [-0.15, -0.1) is 0 Å². The smallest absolute Gasteiger partial charge is 0.325 e. The number of alkyl halides is 6. The molecule has 0 saturated carbocycles. The first-order valence-corrected chi connectivity index (χ1v) is 11.6. The van der Waals surface area contributed by atoms with Crippen LogP contribution >= 0.6 is 0 Å². The molecular weight excluding hydrogens is 500 g/mol. The number of benzene rings is 2. The topological polar surface area (TPSA) is 61.4 Å². The molecule has 2 amide bonds. The van der Waals surface area contributed by atoms with Crippen LogP contribution in [0.2, 0.25) is 0 Å². The number of amides is 2. The molecule has 2 aromatic rings. The number of carbonyl (C=O) groups is 2. The Hall–Kier alpha value is -3.34. The molecule has 2 aromatic carbocycles. The predicted molar refractivity (Wildman–Crippen MR) is 126 cm³/mol. The number of carbonyl (C=O) groups excluding carboxylic acids is 2. The molecule has 1 fully saturated rings. The van der Waals surface area contributed by atoms with Gasteiger partial charge in [0.15, 0.2) is 0 Å². The highest BCUT2D eigenvalue weighted by molar-refractivity contribution is 6.08. The van der Waals surface area contributed by atoms with E-state index < -0.39 is 40.5 Å². The molecule has 0 bridgehead atoms. The molecule has 0 aromatic heterocycles. The van der Waals surface area contributed by atoms with Gasteiger partial charge in [0.05, 0.1) is 16.5 Å². The highest BCUT2D eigenvalue weighted by Crippen LogP contribution is 2.45. The molecule has 1 saturated heterocycles. The Morgan fingerprint density at radius 2 is 1.59 bits per heavy atom. The first-order chi connectivity index (χ1) is 17.2. The maximum absolute atomic E-state index is 13.7. The average molecular weight is 525 g/mol. The van der Waals surface area contributed by atoms with Crippen molar-refractivity contribution in [2.75, 3.05) is 29.9 Å². The Morgan fingerprint density at radius 1 is 1.00 bits per heavy atom. The quantitative estimate of drug-likeness (QED) is 0.402. The third-order valence-corrected chi connectivity index (χ3v) is 6.85. The zero-order valence-electron chi connectivity index (χ0n) is 20.1. The van der Waals surface area contributed by atoms with Crippen LogP contribution in [0.1, 0.15) is 35.1 Å². The zero-order chi connectivity index (χ0) is 27.2. The molecule has 198 valence electrons. The molecule has 37 heavy (non-hydrogen) atoms. The Labute approximate surface area is 209 Å². The van der Waals surface area contributed by atoms with Crippen LogP contribution in [0.25, 0.3) is 0 Å². The summed E-state index contributed by atoms with van der Waals surface area (Å²) in [6, 6.07) is 6.41. The van der Waals surface area contributed by atoms with Crippen LogP contribution in [0, 0.1) is 19.3 Å². The minimum absolute atomic E-state index is 0.00252. The molecule has 2 heterocycles. The minimum atomic E-state index is -5.06. The van der Waals surface area contributed by atoms with Crippen molar-refractivity contribution in [3.63, 3.8) is 0 Å². The SMILES string of the molecule is Cc1cccc(C)c1N1CC(C(=O)Nc2cc(C(F)(F)F)cc(C(F)(F)F)c2)(C2=CCNCC2)CC1=O. The Balaban J connectivity index is 1.77. The van der Waals surface area contributed by atoms with E-state index in [1.165, 1.54) is 4.90 Å². The number of halogens is 6. The van der Waals surface area contributed by atoms with Crippen molar-refractivity contribution in [2.45, 2.75) is 39.0 Å². The summed E-state index contributed by atoms with van der Waals surface area (Å²) in [7, 11) is 0. The van der Waals surface area contributed by atoms with Crippen LogP contribution in [0.3, 0.4) is 0 Å². The fraction of sp³-hybridized carbons (Fsp3) is 0.385.